The third-order valence-electron chi connectivity index (χ3n) is 9.68. The third kappa shape index (κ3) is 8.84. The molecule has 0 aromatic heterocycles. The van der Waals surface area contributed by atoms with Gasteiger partial charge in [0.1, 0.15) is 4.90 Å². The summed E-state index contributed by atoms with van der Waals surface area (Å²) in [5.74, 6) is -1.25. The summed E-state index contributed by atoms with van der Waals surface area (Å²) in [7, 11) is -3.24. The lowest BCUT2D eigenvalue weighted by atomic mass is 9.79. The highest BCUT2D eigenvalue weighted by molar-refractivity contribution is 7.90. The third-order valence-corrected chi connectivity index (χ3v) is 11.1. The highest BCUT2D eigenvalue weighted by atomic mass is 32.2. The lowest BCUT2D eigenvalue weighted by molar-refractivity contribution is -0.135. The quantitative estimate of drug-likeness (QED) is 0.133. The Hall–Kier alpha value is -5.54. The van der Waals surface area contributed by atoms with Crippen LogP contribution in [0.2, 0.25) is 0 Å². The second-order valence-corrected chi connectivity index (χ2v) is 14.8. The van der Waals surface area contributed by atoms with Crippen molar-refractivity contribution in [2.75, 3.05) is 7.11 Å². The van der Waals surface area contributed by atoms with E-state index in [2.05, 4.69) is 46.0 Å². The molecule has 2 atom stereocenters. The second-order valence-electron chi connectivity index (χ2n) is 13.2. The van der Waals surface area contributed by atoms with Crippen LogP contribution in [0.15, 0.2) is 138 Å². The van der Waals surface area contributed by atoms with Crippen molar-refractivity contribution >= 4 is 27.8 Å². The van der Waals surface area contributed by atoms with Gasteiger partial charge in [-0.3, -0.25) is 9.59 Å². The molecule has 9 heteroatoms. The number of hydrogen-bond donors (Lipinski definition) is 1. The minimum absolute atomic E-state index is 0.0662. The van der Waals surface area contributed by atoms with Crippen molar-refractivity contribution in [3.63, 3.8) is 0 Å². The molecule has 52 heavy (non-hydrogen) atoms. The molecule has 0 bridgehead atoms. The van der Waals surface area contributed by atoms with Crippen molar-refractivity contribution in [3.05, 3.63) is 161 Å². The Labute approximate surface area is 305 Å². The lowest BCUT2D eigenvalue weighted by Crippen LogP contribution is -2.46. The van der Waals surface area contributed by atoms with E-state index in [1.54, 1.807) is 12.1 Å². The Balaban J connectivity index is 1.21. The first-order valence-electron chi connectivity index (χ1n) is 17.5. The summed E-state index contributed by atoms with van der Waals surface area (Å²) in [5.41, 5.74) is 4.64. The van der Waals surface area contributed by atoms with E-state index in [9.17, 15) is 22.8 Å². The van der Waals surface area contributed by atoms with Gasteiger partial charge in [-0.2, -0.15) is 0 Å². The number of nitrogens with zero attached hydrogens (tertiary/aromatic N) is 1. The summed E-state index contributed by atoms with van der Waals surface area (Å²) in [4.78, 5) is 41.5. The largest absolute Gasteiger partial charge is 0.465 e. The molecule has 1 aliphatic rings. The maximum Gasteiger partial charge on any atom is 0.339 e. The molecule has 266 valence electrons. The maximum absolute atomic E-state index is 14.3. The highest BCUT2D eigenvalue weighted by Gasteiger charge is 2.33. The first-order valence-corrected chi connectivity index (χ1v) is 19.0. The molecule has 1 N–H and O–H groups in total. The standard InChI is InChI=1S/C43H42N2O6S/c1-51-43(48)38-23-9-11-25-40(38)52(49,50)44-42(47)37-22-13-21-35(29-37)34-20-12-18-33(27-34)28-41(46)45(30-32-16-6-3-7-17-32)39-24-10-8-19-36(39)26-31-14-4-2-5-15-31/h2-7,9,11-18,20-23,25,27,29,36,39H,8,10,19,24,26,28,30H2,1H3,(H,44,47)/t36-,39-/m1/s1. The van der Waals surface area contributed by atoms with Crippen molar-refractivity contribution in [2.45, 2.75) is 56.0 Å². The number of carbonyl (C=O) groups excluding carboxylic acids is 3. The monoisotopic (exact) mass is 714 g/mol. The molecule has 5 aromatic rings. The van der Waals surface area contributed by atoms with Crippen LogP contribution in [-0.4, -0.2) is 44.3 Å². The Morgan fingerprint density at radius 2 is 1.33 bits per heavy atom. The Bertz CT molecular complexity index is 2140. The van der Waals surface area contributed by atoms with Gasteiger partial charge in [0, 0.05) is 18.2 Å². The van der Waals surface area contributed by atoms with Gasteiger partial charge >= 0.3 is 5.97 Å². The van der Waals surface area contributed by atoms with E-state index in [0.717, 1.165) is 55.9 Å². The lowest BCUT2D eigenvalue weighted by Gasteiger charge is -2.40. The van der Waals surface area contributed by atoms with Crippen LogP contribution in [0.3, 0.4) is 0 Å². The molecule has 1 saturated carbocycles. The Morgan fingerprint density at radius 3 is 2.06 bits per heavy atom. The summed E-state index contributed by atoms with van der Waals surface area (Å²) in [5, 5.41) is 0. The van der Waals surface area contributed by atoms with Gasteiger partial charge in [0.25, 0.3) is 15.9 Å². The molecule has 0 radical (unpaired) electrons. The highest BCUT2D eigenvalue weighted by Crippen LogP contribution is 2.33. The molecule has 0 saturated heterocycles. The average molecular weight is 715 g/mol. The number of sulfonamides is 1. The number of esters is 1. The van der Waals surface area contributed by atoms with Crippen molar-refractivity contribution in [2.24, 2.45) is 5.92 Å². The van der Waals surface area contributed by atoms with Crippen molar-refractivity contribution < 1.29 is 27.5 Å². The smallest absolute Gasteiger partial charge is 0.339 e. The van der Waals surface area contributed by atoms with Crippen molar-refractivity contribution in [1.82, 2.24) is 9.62 Å². The number of nitrogens with one attached hydrogen (secondary N) is 1. The van der Waals surface area contributed by atoms with Gasteiger partial charge in [-0.05, 0) is 77.3 Å². The molecule has 0 aliphatic heterocycles. The van der Waals surface area contributed by atoms with E-state index in [0.29, 0.717) is 18.0 Å². The molecule has 6 rings (SSSR count). The average Bonchev–Trinajstić information content (AvgIpc) is 3.18. The van der Waals surface area contributed by atoms with Crippen LogP contribution in [0.5, 0.6) is 0 Å². The zero-order chi connectivity index (χ0) is 36.5. The summed E-state index contributed by atoms with van der Waals surface area (Å²) >= 11 is 0. The van der Waals surface area contributed by atoms with Crippen LogP contribution in [0.4, 0.5) is 0 Å². The molecular weight excluding hydrogens is 673 g/mol. The van der Waals surface area contributed by atoms with Crippen LogP contribution in [0.25, 0.3) is 11.1 Å². The van der Waals surface area contributed by atoms with E-state index < -0.39 is 21.9 Å². The number of carbonyl (C=O) groups is 3. The molecule has 8 nitrogen and oxygen atoms in total. The van der Waals surface area contributed by atoms with Crippen LogP contribution in [-0.2, 0) is 38.9 Å². The zero-order valence-corrected chi connectivity index (χ0v) is 29.9. The molecule has 1 fully saturated rings. The van der Waals surface area contributed by atoms with Gasteiger partial charge in [0.15, 0.2) is 0 Å². The predicted octanol–water partition coefficient (Wildman–Crippen LogP) is 7.63. The van der Waals surface area contributed by atoms with Crippen LogP contribution >= 0.6 is 0 Å². The number of methoxy groups -OCH3 is 1. The van der Waals surface area contributed by atoms with E-state index >= 15 is 0 Å². The van der Waals surface area contributed by atoms with Crippen LogP contribution in [0, 0.1) is 5.92 Å². The molecule has 1 aliphatic carbocycles. The summed E-state index contributed by atoms with van der Waals surface area (Å²) in [6.07, 6.45) is 5.45. The number of benzene rings is 5. The fraction of sp³-hybridized carbons (Fsp3) is 0.233. The van der Waals surface area contributed by atoms with Crippen molar-refractivity contribution in [1.29, 1.82) is 0 Å². The second kappa shape index (κ2) is 16.7. The van der Waals surface area contributed by atoms with E-state index in [1.165, 1.54) is 35.9 Å². The van der Waals surface area contributed by atoms with Gasteiger partial charge in [0.05, 0.1) is 19.1 Å². The van der Waals surface area contributed by atoms with E-state index in [-0.39, 0.29) is 34.4 Å². The first-order chi connectivity index (χ1) is 25.2. The number of amides is 2. The first kappa shape index (κ1) is 36.3. The van der Waals surface area contributed by atoms with Gasteiger partial charge in [-0.1, -0.05) is 122 Å². The van der Waals surface area contributed by atoms with Gasteiger partial charge < -0.3 is 9.64 Å². The topological polar surface area (TPSA) is 110 Å². The zero-order valence-electron chi connectivity index (χ0n) is 29.1. The SMILES string of the molecule is COC(=O)c1ccccc1S(=O)(=O)NC(=O)c1cccc(-c2cccc(CC(=O)N(Cc3ccccc3)[C@@H]3CCCC[C@@H]3Cc3ccccc3)c2)c1. The fourth-order valence-corrected chi connectivity index (χ4v) is 8.29. The summed E-state index contributed by atoms with van der Waals surface area (Å²) < 4.78 is 33.2. The van der Waals surface area contributed by atoms with Crippen LogP contribution < -0.4 is 4.72 Å². The molecule has 5 aromatic carbocycles. The summed E-state index contributed by atoms with van der Waals surface area (Å²) in [6, 6.07) is 40.6. The fourth-order valence-electron chi connectivity index (χ4n) is 7.12. The summed E-state index contributed by atoms with van der Waals surface area (Å²) in [6.45, 7) is 0.541. The Morgan fingerprint density at radius 1 is 0.712 bits per heavy atom. The molecule has 0 heterocycles. The predicted molar refractivity (Wildman–Crippen MR) is 201 cm³/mol. The minimum atomic E-state index is -4.40. The van der Waals surface area contributed by atoms with Gasteiger partial charge in [-0.15, -0.1) is 0 Å². The minimum Gasteiger partial charge on any atom is -0.465 e. The number of ether oxygens (including phenoxy) is 1. The van der Waals surface area contributed by atoms with E-state index in [4.69, 9.17) is 4.74 Å². The molecule has 2 amide bonds. The van der Waals surface area contributed by atoms with Gasteiger partial charge in [-0.25, -0.2) is 17.9 Å². The maximum atomic E-state index is 14.3. The van der Waals surface area contributed by atoms with Gasteiger partial charge in [0.2, 0.25) is 5.91 Å². The van der Waals surface area contributed by atoms with Crippen molar-refractivity contribution in [3.8, 4) is 11.1 Å². The molecule has 0 spiro atoms. The Kier molecular flexibility index (Phi) is 11.6. The number of hydrogen-bond acceptors (Lipinski definition) is 6. The normalized spacial score (nSPS) is 15.7. The molecule has 0 unspecified atom stereocenters. The van der Waals surface area contributed by atoms with E-state index in [1.807, 2.05) is 54.6 Å². The molecular formula is C43H42N2O6S. The van der Waals surface area contributed by atoms with Crippen LogP contribution in [0.1, 0.15) is 63.1 Å². The number of rotatable bonds is 12.